The molecule has 118 valence electrons. The average Bonchev–Trinajstić information content (AvgIpc) is 2.87. The van der Waals surface area contributed by atoms with E-state index in [-0.39, 0.29) is 11.8 Å². The van der Waals surface area contributed by atoms with E-state index in [1.807, 2.05) is 38.2 Å². The molecule has 23 heavy (non-hydrogen) atoms. The Bertz CT molecular complexity index is 912. The van der Waals surface area contributed by atoms with Crippen molar-refractivity contribution in [2.75, 3.05) is 0 Å². The smallest absolute Gasteiger partial charge is 0.233 e. The molecule has 1 aromatic heterocycles. The van der Waals surface area contributed by atoms with Crippen molar-refractivity contribution in [3.63, 3.8) is 0 Å². The van der Waals surface area contributed by atoms with Crippen LogP contribution in [0.2, 0.25) is 15.1 Å². The monoisotopic (exact) mass is 365 g/mol. The van der Waals surface area contributed by atoms with Crippen molar-refractivity contribution in [3.8, 4) is 11.1 Å². The van der Waals surface area contributed by atoms with E-state index in [1.165, 1.54) is 0 Å². The lowest BCUT2D eigenvalue weighted by atomic mass is 10.1. The Balaban J connectivity index is 2.29. The maximum absolute atomic E-state index is 12.5. The van der Waals surface area contributed by atoms with Crippen molar-refractivity contribution in [3.05, 3.63) is 57.7 Å². The molecule has 1 heterocycles. The number of carbonyl (C=O) groups excluding carboxylic acids is 1. The number of hydrogen-bond acceptors (Lipinski definition) is 1. The summed E-state index contributed by atoms with van der Waals surface area (Å²) in [5.41, 5.74) is 2.62. The molecule has 0 amide bonds. The molecule has 3 rings (SSSR count). The van der Waals surface area contributed by atoms with E-state index >= 15 is 0 Å². The van der Waals surface area contributed by atoms with Crippen LogP contribution in [0.1, 0.15) is 18.6 Å². The van der Waals surface area contributed by atoms with Crippen LogP contribution in [0.4, 0.5) is 0 Å². The van der Waals surface area contributed by atoms with Crippen molar-refractivity contribution >= 4 is 51.6 Å². The molecule has 2 nitrogen and oxygen atoms in total. The average molecular weight is 367 g/mol. The zero-order chi connectivity index (χ0) is 16.7. The molecule has 0 fully saturated rings. The second-order valence-electron chi connectivity index (χ2n) is 5.70. The van der Waals surface area contributed by atoms with E-state index in [1.54, 1.807) is 22.8 Å². The highest BCUT2D eigenvalue weighted by molar-refractivity contribution is 6.42. The maximum Gasteiger partial charge on any atom is 0.233 e. The third-order valence-electron chi connectivity index (χ3n) is 3.73. The van der Waals surface area contributed by atoms with Gasteiger partial charge in [0.2, 0.25) is 5.91 Å². The predicted octanol–water partition coefficient (Wildman–Crippen LogP) is 6.56. The minimum Gasteiger partial charge on any atom is -0.286 e. The van der Waals surface area contributed by atoms with Crippen LogP contribution >= 0.6 is 34.8 Å². The van der Waals surface area contributed by atoms with E-state index in [0.717, 1.165) is 22.0 Å². The molecule has 0 saturated heterocycles. The van der Waals surface area contributed by atoms with Crippen molar-refractivity contribution in [1.29, 1.82) is 0 Å². The van der Waals surface area contributed by atoms with E-state index in [2.05, 4.69) is 0 Å². The molecule has 0 aliphatic carbocycles. The molecule has 0 saturated carbocycles. The lowest BCUT2D eigenvalue weighted by Gasteiger charge is -2.06. The van der Waals surface area contributed by atoms with Crippen molar-refractivity contribution < 1.29 is 4.79 Å². The fourth-order valence-electron chi connectivity index (χ4n) is 2.56. The molecule has 0 aliphatic rings. The number of hydrogen-bond donors (Lipinski definition) is 0. The van der Waals surface area contributed by atoms with Crippen LogP contribution in [0.5, 0.6) is 0 Å². The van der Waals surface area contributed by atoms with Crippen LogP contribution in [0.3, 0.4) is 0 Å². The highest BCUT2D eigenvalue weighted by Crippen LogP contribution is 2.35. The highest BCUT2D eigenvalue weighted by Gasteiger charge is 2.17. The number of carbonyl (C=O) groups is 1. The minimum absolute atomic E-state index is 0.0311. The summed E-state index contributed by atoms with van der Waals surface area (Å²) in [6, 6.07) is 10.9. The standard InChI is InChI=1S/C18H14Cl3NO/c1-10(2)18(23)22-9-14(11-3-5-15(20)16(21)7-11)13-8-12(19)4-6-17(13)22/h3-10H,1-2H3. The van der Waals surface area contributed by atoms with E-state index in [4.69, 9.17) is 34.8 Å². The number of fused-ring (bicyclic) bond motifs is 1. The first-order chi connectivity index (χ1) is 10.9. The molecule has 3 aromatic rings. The molecule has 0 aliphatic heterocycles. The largest absolute Gasteiger partial charge is 0.286 e. The van der Waals surface area contributed by atoms with Gasteiger partial charge in [-0.25, -0.2) is 0 Å². The lowest BCUT2D eigenvalue weighted by molar-refractivity contribution is 0.0861. The summed E-state index contributed by atoms with van der Waals surface area (Å²) in [6.45, 7) is 3.76. The van der Waals surface area contributed by atoms with Crippen LogP contribution in [0, 0.1) is 5.92 Å². The van der Waals surface area contributed by atoms with Gasteiger partial charge in [-0.05, 0) is 35.9 Å². The lowest BCUT2D eigenvalue weighted by Crippen LogP contribution is -2.15. The topological polar surface area (TPSA) is 22.0 Å². The second-order valence-corrected chi connectivity index (χ2v) is 6.95. The SMILES string of the molecule is CC(C)C(=O)n1cc(-c2ccc(Cl)c(Cl)c2)c2cc(Cl)ccc21. The van der Waals surface area contributed by atoms with Gasteiger partial charge in [0, 0.05) is 28.1 Å². The van der Waals surface area contributed by atoms with Crippen LogP contribution in [-0.4, -0.2) is 10.5 Å². The van der Waals surface area contributed by atoms with E-state index in [9.17, 15) is 4.79 Å². The summed E-state index contributed by atoms with van der Waals surface area (Å²) in [4.78, 5) is 12.5. The Labute approximate surface area is 149 Å². The molecular weight excluding hydrogens is 353 g/mol. The molecule has 2 aromatic carbocycles. The van der Waals surface area contributed by atoms with Crippen molar-refractivity contribution in [2.45, 2.75) is 13.8 Å². The van der Waals surface area contributed by atoms with Gasteiger partial charge < -0.3 is 0 Å². The summed E-state index contributed by atoms with van der Waals surface area (Å²) >= 11 is 18.3. The summed E-state index contributed by atoms with van der Waals surface area (Å²) < 4.78 is 1.67. The molecule has 0 N–H and O–H groups in total. The summed E-state index contributed by atoms with van der Waals surface area (Å²) in [6.07, 6.45) is 1.84. The first-order valence-electron chi connectivity index (χ1n) is 7.18. The van der Waals surface area contributed by atoms with Gasteiger partial charge in [0.25, 0.3) is 0 Å². The Hall–Kier alpha value is -1.48. The summed E-state index contributed by atoms with van der Waals surface area (Å²) in [7, 11) is 0. The van der Waals surface area contributed by atoms with Gasteiger partial charge in [-0.1, -0.05) is 54.7 Å². The number of aromatic nitrogens is 1. The molecule has 0 radical (unpaired) electrons. The number of halogens is 3. The van der Waals surface area contributed by atoms with Gasteiger partial charge in [-0.3, -0.25) is 9.36 Å². The molecular formula is C18H14Cl3NO. The Morgan fingerprint density at radius 1 is 1.00 bits per heavy atom. The van der Waals surface area contributed by atoms with E-state index in [0.29, 0.717) is 15.1 Å². The summed E-state index contributed by atoms with van der Waals surface area (Å²) in [5.74, 6) is -0.0773. The number of benzene rings is 2. The summed E-state index contributed by atoms with van der Waals surface area (Å²) in [5, 5.41) is 2.50. The van der Waals surface area contributed by atoms with Gasteiger partial charge in [0.05, 0.1) is 15.6 Å². The highest BCUT2D eigenvalue weighted by atomic mass is 35.5. The third-order valence-corrected chi connectivity index (χ3v) is 4.70. The predicted molar refractivity (Wildman–Crippen MR) is 97.9 cm³/mol. The van der Waals surface area contributed by atoms with Crippen LogP contribution < -0.4 is 0 Å². The van der Waals surface area contributed by atoms with Gasteiger partial charge in [0.15, 0.2) is 0 Å². The van der Waals surface area contributed by atoms with Gasteiger partial charge >= 0.3 is 0 Å². The molecule has 0 atom stereocenters. The van der Waals surface area contributed by atoms with Crippen molar-refractivity contribution in [2.24, 2.45) is 5.92 Å². The Morgan fingerprint density at radius 2 is 1.74 bits per heavy atom. The zero-order valence-electron chi connectivity index (χ0n) is 12.6. The van der Waals surface area contributed by atoms with Crippen molar-refractivity contribution in [1.82, 2.24) is 4.57 Å². The third kappa shape index (κ3) is 2.99. The van der Waals surface area contributed by atoms with Crippen LogP contribution in [-0.2, 0) is 0 Å². The maximum atomic E-state index is 12.5. The Morgan fingerprint density at radius 3 is 2.39 bits per heavy atom. The van der Waals surface area contributed by atoms with Gasteiger partial charge in [-0.2, -0.15) is 0 Å². The van der Waals surface area contributed by atoms with Gasteiger partial charge in [0.1, 0.15) is 0 Å². The second kappa shape index (κ2) is 6.20. The minimum atomic E-state index is -0.108. The quantitative estimate of drug-likeness (QED) is 0.503. The van der Waals surface area contributed by atoms with E-state index < -0.39 is 0 Å². The first kappa shape index (κ1) is 16.4. The normalized spacial score (nSPS) is 11.4. The van der Waals surface area contributed by atoms with Crippen LogP contribution in [0.15, 0.2) is 42.6 Å². The zero-order valence-corrected chi connectivity index (χ0v) is 14.9. The molecule has 0 bridgehead atoms. The fraction of sp³-hybridized carbons (Fsp3) is 0.167. The van der Waals surface area contributed by atoms with Crippen LogP contribution in [0.25, 0.3) is 22.0 Å². The Kier molecular flexibility index (Phi) is 4.41. The fourth-order valence-corrected chi connectivity index (χ4v) is 3.03. The molecule has 0 spiro atoms. The molecule has 0 unspecified atom stereocenters. The number of rotatable bonds is 2. The number of nitrogens with zero attached hydrogens (tertiary/aromatic N) is 1. The van der Waals surface area contributed by atoms with Gasteiger partial charge in [-0.15, -0.1) is 0 Å². The molecule has 5 heteroatoms. The first-order valence-corrected chi connectivity index (χ1v) is 8.32.